The highest BCUT2D eigenvalue weighted by molar-refractivity contribution is 5.38. The highest BCUT2D eigenvalue weighted by atomic mass is 19.1. The van der Waals surface area contributed by atoms with Gasteiger partial charge in [-0.3, -0.25) is 14.2 Å². The van der Waals surface area contributed by atoms with E-state index in [-0.39, 0.29) is 11.4 Å². The van der Waals surface area contributed by atoms with E-state index < -0.39 is 16.9 Å². The molecule has 0 atom stereocenters. The second-order valence-electron chi connectivity index (χ2n) is 4.37. The van der Waals surface area contributed by atoms with Crippen molar-refractivity contribution in [3.63, 3.8) is 0 Å². The minimum absolute atomic E-state index is 0.0751. The summed E-state index contributed by atoms with van der Waals surface area (Å²) in [6, 6.07) is 4.06. The Bertz CT molecular complexity index is 777. The van der Waals surface area contributed by atoms with E-state index >= 15 is 0 Å². The van der Waals surface area contributed by atoms with Gasteiger partial charge in [0, 0.05) is 25.0 Å². The van der Waals surface area contributed by atoms with Crippen LogP contribution in [0.2, 0.25) is 0 Å². The molecule has 1 aromatic heterocycles. The normalized spacial score (nSPS) is 10.4. The Morgan fingerprint density at radius 1 is 1.29 bits per heavy atom. The van der Waals surface area contributed by atoms with Crippen molar-refractivity contribution in [2.24, 2.45) is 0 Å². The van der Waals surface area contributed by atoms with E-state index in [2.05, 4.69) is 6.58 Å². The predicted octanol–water partition coefficient (Wildman–Crippen LogP) is 1.72. The first-order valence-electron chi connectivity index (χ1n) is 6.35. The summed E-state index contributed by atoms with van der Waals surface area (Å²) in [6.07, 6.45) is 5.18. The zero-order chi connectivity index (χ0) is 15.4. The number of nitrogens with zero attached hydrogens (tertiary/aromatic N) is 2. The number of ether oxygens (including phenoxy) is 1. The van der Waals surface area contributed by atoms with E-state index in [0.29, 0.717) is 13.0 Å². The lowest BCUT2D eigenvalue weighted by Crippen LogP contribution is -2.39. The zero-order valence-corrected chi connectivity index (χ0v) is 11.6. The summed E-state index contributed by atoms with van der Waals surface area (Å²) in [6.45, 7) is 3.95. The van der Waals surface area contributed by atoms with Gasteiger partial charge in [0.2, 0.25) is 0 Å². The Balaban J connectivity index is 2.48. The third-order valence-electron chi connectivity index (χ3n) is 3.05. The summed E-state index contributed by atoms with van der Waals surface area (Å²) in [4.78, 5) is 24.0. The number of methoxy groups -OCH3 is 1. The quantitative estimate of drug-likeness (QED) is 0.622. The van der Waals surface area contributed by atoms with Crippen LogP contribution < -0.4 is 15.9 Å². The summed E-state index contributed by atoms with van der Waals surface area (Å²) in [5.74, 6) is -0.524. The number of allylic oxidation sites excluding steroid dienone is 1. The van der Waals surface area contributed by atoms with Gasteiger partial charge in [0.05, 0.1) is 12.8 Å². The lowest BCUT2D eigenvalue weighted by molar-refractivity contribution is 0.386. The van der Waals surface area contributed by atoms with E-state index in [1.807, 2.05) is 0 Å². The Labute approximate surface area is 120 Å². The molecule has 6 heteroatoms. The number of halogens is 1. The lowest BCUT2D eigenvalue weighted by Gasteiger charge is -2.09. The minimum atomic E-state index is -0.730. The summed E-state index contributed by atoms with van der Waals surface area (Å²) >= 11 is 0. The third kappa shape index (κ3) is 2.94. The lowest BCUT2D eigenvalue weighted by atomic mass is 10.3. The van der Waals surface area contributed by atoms with Gasteiger partial charge in [-0.1, -0.05) is 6.08 Å². The first-order chi connectivity index (χ1) is 10.1. The molecule has 110 valence electrons. The molecule has 0 fully saturated rings. The van der Waals surface area contributed by atoms with Crippen molar-refractivity contribution in [2.75, 3.05) is 7.11 Å². The molecule has 5 nitrogen and oxygen atoms in total. The fourth-order valence-electron chi connectivity index (χ4n) is 1.92. The van der Waals surface area contributed by atoms with Gasteiger partial charge >= 0.3 is 11.1 Å². The Kier molecular flexibility index (Phi) is 4.37. The highest BCUT2D eigenvalue weighted by Crippen LogP contribution is 2.18. The van der Waals surface area contributed by atoms with Gasteiger partial charge in [-0.15, -0.1) is 6.58 Å². The fraction of sp³-hybridized carbons (Fsp3) is 0.200. The molecule has 0 amide bonds. The van der Waals surface area contributed by atoms with Crippen molar-refractivity contribution in [1.29, 1.82) is 0 Å². The molecule has 0 saturated carbocycles. The smallest absolute Gasteiger partial charge is 0.320 e. The van der Waals surface area contributed by atoms with Crippen LogP contribution in [-0.4, -0.2) is 16.2 Å². The second kappa shape index (κ2) is 6.21. The van der Waals surface area contributed by atoms with Crippen molar-refractivity contribution in [1.82, 2.24) is 9.13 Å². The summed E-state index contributed by atoms with van der Waals surface area (Å²) in [7, 11) is 1.35. The zero-order valence-electron chi connectivity index (χ0n) is 11.6. The first kappa shape index (κ1) is 14.8. The number of hydrogen-bond donors (Lipinski definition) is 0. The minimum Gasteiger partial charge on any atom is -0.494 e. The van der Waals surface area contributed by atoms with E-state index in [1.54, 1.807) is 6.08 Å². The van der Waals surface area contributed by atoms with Crippen LogP contribution in [0.4, 0.5) is 4.39 Å². The second-order valence-corrected chi connectivity index (χ2v) is 4.37. The molecule has 0 radical (unpaired) electrons. The van der Waals surface area contributed by atoms with Crippen LogP contribution in [0.3, 0.4) is 0 Å². The Hall–Kier alpha value is -2.63. The van der Waals surface area contributed by atoms with Crippen LogP contribution in [0, 0.1) is 5.82 Å². The van der Waals surface area contributed by atoms with Gasteiger partial charge in [-0.2, -0.15) is 0 Å². The van der Waals surface area contributed by atoms with Gasteiger partial charge in [-0.05, 0) is 18.6 Å². The van der Waals surface area contributed by atoms with Crippen molar-refractivity contribution >= 4 is 0 Å². The molecule has 0 spiro atoms. The Morgan fingerprint density at radius 3 is 2.67 bits per heavy atom. The van der Waals surface area contributed by atoms with Crippen LogP contribution in [0.1, 0.15) is 6.42 Å². The first-order valence-corrected chi connectivity index (χ1v) is 6.35. The van der Waals surface area contributed by atoms with Gasteiger partial charge in [-0.25, -0.2) is 4.39 Å². The summed E-state index contributed by atoms with van der Waals surface area (Å²) in [5.41, 5.74) is -1.12. The van der Waals surface area contributed by atoms with Gasteiger partial charge in [0.15, 0.2) is 11.6 Å². The van der Waals surface area contributed by atoms with Crippen LogP contribution in [0.5, 0.6) is 5.75 Å². The number of hydrogen-bond acceptors (Lipinski definition) is 3. The molecule has 21 heavy (non-hydrogen) atoms. The highest BCUT2D eigenvalue weighted by Gasteiger charge is 2.09. The average Bonchev–Trinajstić information content (AvgIpc) is 2.49. The molecule has 2 aromatic rings. The van der Waals surface area contributed by atoms with Crippen molar-refractivity contribution in [3.05, 3.63) is 69.8 Å². The monoisotopic (exact) mass is 290 g/mol. The van der Waals surface area contributed by atoms with Crippen molar-refractivity contribution < 1.29 is 9.13 Å². The SMILES string of the molecule is C=CCCn1ccn(-c2ccc(OC)c(F)c2)c(=O)c1=O. The van der Waals surface area contributed by atoms with Crippen molar-refractivity contribution in [2.45, 2.75) is 13.0 Å². The van der Waals surface area contributed by atoms with Gasteiger partial charge in [0.1, 0.15) is 0 Å². The van der Waals surface area contributed by atoms with E-state index in [4.69, 9.17) is 4.74 Å². The van der Waals surface area contributed by atoms with Crippen molar-refractivity contribution in [3.8, 4) is 11.4 Å². The molecule has 1 aromatic carbocycles. The number of rotatable bonds is 5. The van der Waals surface area contributed by atoms with E-state index in [0.717, 1.165) is 10.6 Å². The summed E-state index contributed by atoms with van der Waals surface area (Å²) in [5, 5.41) is 0. The Morgan fingerprint density at radius 2 is 2.05 bits per heavy atom. The molecule has 0 N–H and O–H groups in total. The molecular weight excluding hydrogens is 275 g/mol. The van der Waals surface area contributed by atoms with E-state index in [1.165, 1.54) is 36.2 Å². The molecule has 0 unspecified atom stereocenters. The van der Waals surface area contributed by atoms with Gasteiger partial charge < -0.3 is 9.30 Å². The molecule has 2 rings (SSSR count). The average molecular weight is 290 g/mol. The molecule has 0 aliphatic carbocycles. The van der Waals surface area contributed by atoms with Crippen LogP contribution in [0.25, 0.3) is 5.69 Å². The van der Waals surface area contributed by atoms with Crippen LogP contribution >= 0.6 is 0 Å². The maximum Gasteiger partial charge on any atom is 0.320 e. The number of aryl methyl sites for hydroxylation is 1. The van der Waals surface area contributed by atoms with Crippen LogP contribution in [-0.2, 0) is 6.54 Å². The standard InChI is InChI=1S/C15H15FN2O3/c1-3-4-7-17-8-9-18(15(20)14(17)19)11-5-6-13(21-2)12(16)10-11/h3,5-6,8-10H,1,4,7H2,2H3. The third-order valence-corrected chi connectivity index (χ3v) is 3.05. The molecule has 0 saturated heterocycles. The van der Waals surface area contributed by atoms with E-state index in [9.17, 15) is 14.0 Å². The maximum absolute atomic E-state index is 13.7. The molecule has 0 bridgehead atoms. The van der Waals surface area contributed by atoms with Crippen LogP contribution in [0.15, 0.2) is 52.8 Å². The van der Waals surface area contributed by atoms with Gasteiger partial charge in [0.25, 0.3) is 0 Å². The molecule has 1 heterocycles. The number of benzene rings is 1. The summed E-state index contributed by atoms with van der Waals surface area (Å²) < 4.78 is 20.9. The predicted molar refractivity (Wildman–Crippen MR) is 77.6 cm³/mol. The largest absolute Gasteiger partial charge is 0.494 e. The number of aromatic nitrogens is 2. The molecular formula is C15H15FN2O3. The maximum atomic E-state index is 13.7. The molecule has 0 aliphatic rings. The topological polar surface area (TPSA) is 53.2 Å². The fourth-order valence-corrected chi connectivity index (χ4v) is 1.92. The molecule has 0 aliphatic heterocycles.